The highest BCUT2D eigenvalue weighted by Crippen LogP contribution is 2.66. The average molecular weight is 446 g/mol. The van der Waals surface area contributed by atoms with E-state index in [-0.39, 0.29) is 0 Å². The van der Waals surface area contributed by atoms with E-state index in [0.29, 0.717) is 16.4 Å². The molecule has 0 aliphatic heterocycles. The first-order valence-corrected chi connectivity index (χ1v) is 13.5. The van der Waals surface area contributed by atoms with Crippen molar-refractivity contribution in [1.29, 1.82) is 0 Å². The Morgan fingerprint density at radius 1 is 1.07 bits per heavy atom. The summed E-state index contributed by atoms with van der Waals surface area (Å²) in [6.07, 6.45) is 9.58. The van der Waals surface area contributed by atoms with Crippen LogP contribution in [0, 0.1) is 20.6 Å². The van der Waals surface area contributed by atoms with Crippen molar-refractivity contribution in [2.45, 2.75) is 64.3 Å². The maximum absolute atomic E-state index is 6.01. The number of benzene rings is 1. The van der Waals surface area contributed by atoms with E-state index in [1.807, 2.05) is 0 Å². The molecule has 4 fully saturated rings. The monoisotopic (exact) mass is 445 g/mol. The summed E-state index contributed by atoms with van der Waals surface area (Å²) >= 11 is 5.40. The predicted octanol–water partition coefficient (Wildman–Crippen LogP) is 7.31. The number of nitrogens with one attached hydrogen (secondary N) is 1. The van der Waals surface area contributed by atoms with Gasteiger partial charge in [-0.15, -0.1) is 0 Å². The van der Waals surface area contributed by atoms with E-state index in [9.17, 15) is 0 Å². The Kier molecular flexibility index (Phi) is 5.17. The Bertz CT molecular complexity index is 912. The second-order valence-corrected chi connectivity index (χ2v) is 13.3. The van der Waals surface area contributed by atoms with Crippen LogP contribution in [0.25, 0.3) is 11.1 Å². The maximum atomic E-state index is 6.01. The molecule has 0 spiro atoms. The maximum Gasteiger partial charge on any atom is 0.119 e. The van der Waals surface area contributed by atoms with Crippen molar-refractivity contribution in [2.75, 3.05) is 13.2 Å². The van der Waals surface area contributed by atoms with Gasteiger partial charge in [-0.2, -0.15) is 0 Å². The van der Waals surface area contributed by atoms with Gasteiger partial charge in [0.2, 0.25) is 0 Å². The van der Waals surface area contributed by atoms with Crippen molar-refractivity contribution in [3.05, 3.63) is 33.5 Å². The fourth-order valence-electron chi connectivity index (χ4n) is 7.39. The Hall–Kier alpha value is -0.750. The fraction of sp³-hybridized carbons (Fsp3) is 0.625. The van der Waals surface area contributed by atoms with E-state index in [2.05, 4.69) is 48.8 Å². The molecule has 4 aliphatic carbocycles. The Morgan fingerprint density at radius 3 is 2.41 bits per heavy atom. The molecule has 4 saturated carbocycles. The zero-order chi connectivity index (χ0) is 20.1. The minimum Gasteiger partial charge on any atom is -0.494 e. The highest BCUT2D eigenvalue weighted by molar-refractivity contribution is 7.79. The van der Waals surface area contributed by atoms with Gasteiger partial charge in [-0.05, 0) is 85.9 Å². The molecule has 2 unspecified atom stereocenters. The van der Waals surface area contributed by atoms with Crippen molar-refractivity contribution in [3.8, 4) is 16.9 Å². The zero-order valence-electron chi connectivity index (χ0n) is 17.5. The van der Waals surface area contributed by atoms with Crippen LogP contribution in [0.2, 0.25) is 0 Å². The molecule has 2 atom stereocenters. The Labute approximate surface area is 187 Å². The molecule has 1 aromatic carbocycles. The van der Waals surface area contributed by atoms with E-state index < -0.39 is 0 Å². The van der Waals surface area contributed by atoms with Crippen molar-refractivity contribution in [2.24, 2.45) is 16.7 Å². The molecule has 29 heavy (non-hydrogen) atoms. The third kappa shape index (κ3) is 4.08. The van der Waals surface area contributed by atoms with Crippen LogP contribution in [0.4, 0.5) is 0 Å². The number of hydrogen-bond donors (Lipinski definition) is 1. The summed E-state index contributed by atoms with van der Waals surface area (Å²) < 4.78 is 6.98. The number of hydrogen-bond acceptors (Lipinski definition) is 5. The largest absolute Gasteiger partial charge is 0.494 e. The van der Waals surface area contributed by atoms with Gasteiger partial charge >= 0.3 is 0 Å². The minimum atomic E-state index is 0.397. The first-order chi connectivity index (χ1) is 13.9. The van der Waals surface area contributed by atoms with Gasteiger partial charge in [0.05, 0.1) is 6.61 Å². The third-order valence-corrected chi connectivity index (χ3v) is 10.1. The molecule has 1 heterocycles. The van der Waals surface area contributed by atoms with E-state index in [4.69, 9.17) is 17.0 Å². The van der Waals surface area contributed by atoms with E-state index in [1.54, 1.807) is 20.7 Å². The number of rotatable bonds is 7. The predicted molar refractivity (Wildman–Crippen MR) is 127 cm³/mol. The van der Waals surface area contributed by atoms with Gasteiger partial charge in [-0.1, -0.05) is 58.9 Å². The molecule has 4 aliphatic rings. The summed E-state index contributed by atoms with van der Waals surface area (Å²) in [5.41, 5.74) is 3.91. The molecule has 1 aromatic heterocycles. The highest BCUT2D eigenvalue weighted by Gasteiger charge is 2.59. The second kappa shape index (κ2) is 7.44. The molecule has 0 saturated heterocycles. The van der Waals surface area contributed by atoms with Crippen molar-refractivity contribution in [1.82, 2.24) is 5.32 Å². The second-order valence-electron chi connectivity index (χ2n) is 10.6. The summed E-state index contributed by atoms with van der Waals surface area (Å²) in [4.78, 5) is 0. The normalized spacial score (nSPS) is 35.2. The Morgan fingerprint density at radius 2 is 1.79 bits per heavy atom. The molecule has 1 N–H and O–H groups in total. The molecule has 2 aromatic rings. The quantitative estimate of drug-likeness (QED) is 0.274. The lowest BCUT2D eigenvalue weighted by molar-refractivity contribution is -0.117. The summed E-state index contributed by atoms with van der Waals surface area (Å²) in [6, 6.07) is 8.38. The van der Waals surface area contributed by atoms with Crippen LogP contribution in [-0.2, 0) is 0 Å². The molecule has 6 rings (SSSR count). The van der Waals surface area contributed by atoms with Gasteiger partial charge in [0, 0.05) is 16.5 Å². The lowest BCUT2D eigenvalue weighted by atomic mass is 9.43. The lowest BCUT2D eigenvalue weighted by Gasteiger charge is -2.65. The van der Waals surface area contributed by atoms with Gasteiger partial charge in [0.25, 0.3) is 0 Å². The first-order valence-electron chi connectivity index (χ1n) is 10.9. The zero-order valence-corrected chi connectivity index (χ0v) is 19.9. The minimum absolute atomic E-state index is 0.397. The van der Waals surface area contributed by atoms with Crippen LogP contribution in [0.3, 0.4) is 0 Å². The molecule has 5 heteroatoms. The molecule has 156 valence electrons. The van der Waals surface area contributed by atoms with Gasteiger partial charge in [-0.25, -0.2) is 0 Å². The van der Waals surface area contributed by atoms with Crippen LogP contribution in [-0.4, -0.2) is 18.7 Å². The topological polar surface area (TPSA) is 21.3 Å². The van der Waals surface area contributed by atoms with Crippen LogP contribution >= 0.6 is 32.9 Å². The van der Waals surface area contributed by atoms with E-state index >= 15 is 0 Å². The molecule has 0 radical (unpaired) electrons. The summed E-state index contributed by atoms with van der Waals surface area (Å²) in [6.45, 7) is 6.93. The molecule has 0 amide bonds. The van der Waals surface area contributed by atoms with Crippen molar-refractivity contribution >= 4 is 32.9 Å². The van der Waals surface area contributed by atoms with Gasteiger partial charge in [0.15, 0.2) is 0 Å². The van der Waals surface area contributed by atoms with Gasteiger partial charge in [0.1, 0.15) is 9.57 Å². The van der Waals surface area contributed by atoms with Crippen LogP contribution in [0.1, 0.15) is 58.8 Å². The van der Waals surface area contributed by atoms with Crippen LogP contribution in [0.5, 0.6) is 5.75 Å². The number of ether oxygens (including phenoxy) is 1. The van der Waals surface area contributed by atoms with E-state index in [1.165, 1.54) is 49.7 Å². The Balaban J connectivity index is 1.11. The molecular formula is C24H31NOS3. The molecule has 4 bridgehead atoms. The first kappa shape index (κ1) is 20.2. The standard InChI is InChI=1S/C24H31NOS3/c1-22-10-17-11-23(2,14-22)16-24(12-17,15-22)25-8-3-9-26-19-6-4-18(5-7-19)20-13-28-29-21(20)27/h4-7,13,17,25H,3,8-12,14-16H2,1-2H3. The SMILES string of the molecule is CC12CC3CC(C)(C1)CC(NCCCOc1ccc(-c4cssc4=S)cc1)(C3)C2. The van der Waals surface area contributed by atoms with Crippen LogP contribution in [0.15, 0.2) is 29.6 Å². The van der Waals surface area contributed by atoms with Gasteiger partial charge < -0.3 is 10.1 Å². The highest BCUT2D eigenvalue weighted by atomic mass is 32.9. The summed E-state index contributed by atoms with van der Waals surface area (Å²) in [5.74, 6) is 1.90. The van der Waals surface area contributed by atoms with Crippen LogP contribution < -0.4 is 10.1 Å². The summed E-state index contributed by atoms with van der Waals surface area (Å²) in [7, 11) is 3.36. The van der Waals surface area contributed by atoms with E-state index in [0.717, 1.165) is 35.1 Å². The fourth-order valence-corrected chi connectivity index (χ4v) is 9.78. The smallest absolute Gasteiger partial charge is 0.119 e. The average Bonchev–Trinajstić information content (AvgIpc) is 3.05. The third-order valence-electron chi connectivity index (χ3n) is 7.39. The molecular weight excluding hydrogens is 414 g/mol. The molecule has 2 nitrogen and oxygen atoms in total. The summed E-state index contributed by atoms with van der Waals surface area (Å²) in [5, 5.41) is 6.15. The van der Waals surface area contributed by atoms with Crippen molar-refractivity contribution < 1.29 is 4.74 Å². The van der Waals surface area contributed by atoms with Crippen molar-refractivity contribution in [3.63, 3.8) is 0 Å². The van der Waals surface area contributed by atoms with Gasteiger partial charge in [-0.3, -0.25) is 0 Å². The lowest BCUT2D eigenvalue weighted by Crippen LogP contribution is -2.64.